The molecular weight excluding hydrogens is 268 g/mol. The molecule has 1 heterocycles. The van der Waals surface area contributed by atoms with Crippen molar-refractivity contribution in [3.05, 3.63) is 54.5 Å². The third kappa shape index (κ3) is 3.35. The number of aromatic nitrogens is 2. The SMILES string of the molecule is CCNC(C#N)(CSc1ccncn1)c1ccccc1. The zero-order valence-corrected chi connectivity index (χ0v) is 12.1. The van der Waals surface area contributed by atoms with Crippen LogP contribution in [-0.4, -0.2) is 22.3 Å². The van der Waals surface area contributed by atoms with E-state index in [2.05, 4.69) is 21.4 Å². The van der Waals surface area contributed by atoms with E-state index in [4.69, 9.17) is 0 Å². The lowest BCUT2D eigenvalue weighted by Crippen LogP contribution is -2.43. The Bertz CT molecular complexity index is 567. The van der Waals surface area contributed by atoms with Gasteiger partial charge in [0, 0.05) is 11.9 Å². The number of hydrogen-bond acceptors (Lipinski definition) is 5. The van der Waals surface area contributed by atoms with E-state index in [1.165, 1.54) is 6.33 Å². The molecule has 5 heteroatoms. The van der Waals surface area contributed by atoms with Gasteiger partial charge in [-0.15, -0.1) is 11.8 Å². The highest BCUT2D eigenvalue weighted by molar-refractivity contribution is 7.99. The lowest BCUT2D eigenvalue weighted by atomic mass is 9.93. The lowest BCUT2D eigenvalue weighted by molar-refractivity contribution is 0.490. The zero-order chi connectivity index (χ0) is 14.3. The Kier molecular flexibility index (Phi) is 5.10. The van der Waals surface area contributed by atoms with Crippen LogP contribution in [0.2, 0.25) is 0 Å². The Morgan fingerprint density at radius 1 is 1.30 bits per heavy atom. The molecule has 0 aliphatic heterocycles. The van der Waals surface area contributed by atoms with Crippen LogP contribution in [0.25, 0.3) is 0 Å². The summed E-state index contributed by atoms with van der Waals surface area (Å²) >= 11 is 1.55. The molecule has 102 valence electrons. The van der Waals surface area contributed by atoms with Crippen LogP contribution in [0, 0.1) is 11.3 Å². The van der Waals surface area contributed by atoms with Crippen molar-refractivity contribution < 1.29 is 0 Å². The van der Waals surface area contributed by atoms with Gasteiger partial charge in [0.15, 0.2) is 0 Å². The van der Waals surface area contributed by atoms with Gasteiger partial charge in [0.2, 0.25) is 0 Å². The van der Waals surface area contributed by atoms with Crippen LogP contribution in [-0.2, 0) is 5.54 Å². The molecule has 0 bridgehead atoms. The second kappa shape index (κ2) is 7.04. The van der Waals surface area contributed by atoms with E-state index in [1.807, 2.05) is 43.3 Å². The van der Waals surface area contributed by atoms with Gasteiger partial charge in [-0.05, 0) is 18.2 Å². The van der Waals surface area contributed by atoms with Crippen molar-refractivity contribution in [2.24, 2.45) is 0 Å². The van der Waals surface area contributed by atoms with Crippen LogP contribution in [0.5, 0.6) is 0 Å². The van der Waals surface area contributed by atoms with Crippen LogP contribution in [0.1, 0.15) is 12.5 Å². The standard InChI is InChI=1S/C15H16N4S/c1-2-19-15(10-16,13-6-4-3-5-7-13)11-20-14-8-9-17-12-18-14/h3-9,12,19H,2,11H2,1H3. The monoisotopic (exact) mass is 284 g/mol. The smallest absolute Gasteiger partial charge is 0.141 e. The molecule has 4 nitrogen and oxygen atoms in total. The molecule has 2 rings (SSSR count). The summed E-state index contributed by atoms with van der Waals surface area (Å²) in [6, 6.07) is 14.1. The fourth-order valence-electron chi connectivity index (χ4n) is 1.94. The van der Waals surface area contributed by atoms with E-state index in [0.717, 1.165) is 17.1 Å². The molecule has 0 spiro atoms. The van der Waals surface area contributed by atoms with Crippen LogP contribution >= 0.6 is 11.8 Å². The predicted molar refractivity (Wildman–Crippen MR) is 80.2 cm³/mol. The number of nitrogens with one attached hydrogen (secondary N) is 1. The average Bonchev–Trinajstić information content (AvgIpc) is 2.53. The molecule has 1 atom stereocenters. The summed E-state index contributed by atoms with van der Waals surface area (Å²) in [7, 11) is 0. The summed E-state index contributed by atoms with van der Waals surface area (Å²) in [5.74, 6) is 0.596. The lowest BCUT2D eigenvalue weighted by Gasteiger charge is -2.27. The summed E-state index contributed by atoms with van der Waals surface area (Å²) in [6.07, 6.45) is 3.23. The first-order valence-electron chi connectivity index (χ1n) is 6.41. The fourth-order valence-corrected chi connectivity index (χ4v) is 2.92. The summed E-state index contributed by atoms with van der Waals surface area (Å²) in [5, 5.41) is 13.9. The number of nitriles is 1. The number of nitrogens with zero attached hydrogens (tertiary/aromatic N) is 3. The predicted octanol–water partition coefficient (Wildman–Crippen LogP) is 2.60. The maximum atomic E-state index is 9.68. The van der Waals surface area contributed by atoms with E-state index >= 15 is 0 Å². The van der Waals surface area contributed by atoms with Crippen LogP contribution in [0.3, 0.4) is 0 Å². The minimum absolute atomic E-state index is 0.596. The second-order valence-corrected chi connectivity index (χ2v) is 5.25. The van der Waals surface area contributed by atoms with Gasteiger partial charge in [-0.25, -0.2) is 9.97 Å². The summed E-state index contributed by atoms with van der Waals surface area (Å²) in [6.45, 7) is 2.73. The molecule has 1 aromatic carbocycles. The van der Waals surface area contributed by atoms with E-state index in [0.29, 0.717) is 5.75 Å². The first-order chi connectivity index (χ1) is 9.80. The van der Waals surface area contributed by atoms with Gasteiger partial charge < -0.3 is 0 Å². The molecule has 0 radical (unpaired) electrons. The Labute approximate surface area is 123 Å². The zero-order valence-electron chi connectivity index (χ0n) is 11.3. The van der Waals surface area contributed by atoms with Gasteiger partial charge in [-0.3, -0.25) is 5.32 Å². The quantitative estimate of drug-likeness (QED) is 0.652. The minimum atomic E-state index is -0.703. The molecule has 0 aliphatic rings. The van der Waals surface area contributed by atoms with Crippen LogP contribution in [0.4, 0.5) is 0 Å². The van der Waals surface area contributed by atoms with E-state index < -0.39 is 5.54 Å². The maximum Gasteiger partial charge on any atom is 0.141 e. The highest BCUT2D eigenvalue weighted by atomic mass is 32.2. The summed E-state index contributed by atoms with van der Waals surface area (Å²) in [5.41, 5.74) is 0.275. The van der Waals surface area contributed by atoms with Gasteiger partial charge in [0.25, 0.3) is 0 Å². The topological polar surface area (TPSA) is 61.6 Å². The molecule has 2 aromatic rings. The molecule has 1 unspecified atom stereocenters. The molecule has 0 saturated carbocycles. The van der Waals surface area contributed by atoms with Gasteiger partial charge >= 0.3 is 0 Å². The maximum absolute atomic E-state index is 9.68. The van der Waals surface area contributed by atoms with Gasteiger partial charge in [0.05, 0.1) is 11.1 Å². The summed E-state index contributed by atoms with van der Waals surface area (Å²) < 4.78 is 0. The first kappa shape index (κ1) is 14.5. The molecule has 1 N–H and O–H groups in total. The number of benzene rings is 1. The number of hydrogen-bond donors (Lipinski definition) is 1. The van der Waals surface area contributed by atoms with E-state index in [9.17, 15) is 5.26 Å². The molecule has 0 saturated heterocycles. The molecular formula is C15H16N4S. The average molecular weight is 284 g/mol. The molecule has 1 aromatic heterocycles. The van der Waals surface area contributed by atoms with Crippen molar-refractivity contribution in [3.63, 3.8) is 0 Å². The number of thioether (sulfide) groups is 1. The molecule has 0 fully saturated rings. The minimum Gasteiger partial charge on any atom is -0.295 e. The Morgan fingerprint density at radius 3 is 2.70 bits per heavy atom. The van der Waals surface area contributed by atoms with Crippen molar-refractivity contribution >= 4 is 11.8 Å². The third-order valence-electron chi connectivity index (χ3n) is 2.93. The number of rotatable bonds is 6. The Balaban J connectivity index is 2.22. The Morgan fingerprint density at radius 2 is 2.10 bits per heavy atom. The normalized spacial score (nSPS) is 13.4. The van der Waals surface area contributed by atoms with Crippen molar-refractivity contribution in [1.29, 1.82) is 5.26 Å². The first-order valence-corrected chi connectivity index (χ1v) is 7.40. The molecule has 20 heavy (non-hydrogen) atoms. The van der Waals surface area contributed by atoms with Crippen LogP contribution in [0.15, 0.2) is 53.9 Å². The van der Waals surface area contributed by atoms with Crippen LogP contribution < -0.4 is 5.32 Å². The van der Waals surface area contributed by atoms with Gasteiger partial charge in [-0.1, -0.05) is 37.3 Å². The highest BCUT2D eigenvalue weighted by Crippen LogP contribution is 2.28. The van der Waals surface area contributed by atoms with E-state index in [-0.39, 0.29) is 0 Å². The second-order valence-electron chi connectivity index (χ2n) is 4.25. The van der Waals surface area contributed by atoms with E-state index in [1.54, 1.807) is 18.0 Å². The third-order valence-corrected chi connectivity index (χ3v) is 4.04. The van der Waals surface area contributed by atoms with Crippen molar-refractivity contribution in [2.45, 2.75) is 17.5 Å². The summed E-state index contributed by atoms with van der Waals surface area (Å²) in [4.78, 5) is 8.08. The molecule has 0 amide bonds. The van der Waals surface area contributed by atoms with Gasteiger partial charge in [-0.2, -0.15) is 5.26 Å². The van der Waals surface area contributed by atoms with Crippen molar-refractivity contribution in [1.82, 2.24) is 15.3 Å². The molecule has 0 aliphatic carbocycles. The van der Waals surface area contributed by atoms with Crippen molar-refractivity contribution in [2.75, 3.05) is 12.3 Å². The van der Waals surface area contributed by atoms with Gasteiger partial charge in [0.1, 0.15) is 11.9 Å². The highest BCUT2D eigenvalue weighted by Gasteiger charge is 2.31. The van der Waals surface area contributed by atoms with Crippen molar-refractivity contribution in [3.8, 4) is 6.07 Å². The fraction of sp³-hybridized carbons (Fsp3) is 0.267. The Hall–Kier alpha value is -1.90. The largest absolute Gasteiger partial charge is 0.295 e.